The van der Waals surface area contributed by atoms with Gasteiger partial charge in [0.1, 0.15) is 5.75 Å². The molecule has 0 saturated carbocycles. The molecular formula is C11H13ClN2O4. The van der Waals surface area contributed by atoms with Crippen molar-refractivity contribution in [3.05, 3.63) is 28.8 Å². The van der Waals surface area contributed by atoms with Crippen molar-refractivity contribution in [2.24, 2.45) is 5.73 Å². The first-order valence-electron chi connectivity index (χ1n) is 5.07. The molecule has 18 heavy (non-hydrogen) atoms. The number of ether oxygens (including phenoxy) is 1. The van der Waals surface area contributed by atoms with E-state index in [2.05, 4.69) is 4.84 Å². The average Bonchev–Trinajstić information content (AvgIpc) is 2.30. The second-order valence-electron chi connectivity index (χ2n) is 3.48. The van der Waals surface area contributed by atoms with Gasteiger partial charge in [0.15, 0.2) is 13.2 Å². The van der Waals surface area contributed by atoms with Gasteiger partial charge in [-0.25, -0.2) is 5.48 Å². The second kappa shape index (κ2) is 6.83. The number of nitrogens with one attached hydrogen (secondary N) is 1. The van der Waals surface area contributed by atoms with E-state index in [1.54, 1.807) is 18.2 Å². The number of aryl methyl sites for hydroxylation is 1. The van der Waals surface area contributed by atoms with E-state index in [9.17, 15) is 9.59 Å². The number of carbonyl (C=O) groups excluding carboxylic acids is 2. The maximum Gasteiger partial charge on any atom is 0.281 e. The highest BCUT2D eigenvalue weighted by atomic mass is 35.5. The van der Waals surface area contributed by atoms with Crippen LogP contribution in [0.2, 0.25) is 5.02 Å². The number of benzene rings is 1. The molecule has 0 saturated heterocycles. The van der Waals surface area contributed by atoms with Gasteiger partial charge >= 0.3 is 0 Å². The highest BCUT2D eigenvalue weighted by Crippen LogP contribution is 2.20. The summed E-state index contributed by atoms with van der Waals surface area (Å²) < 4.78 is 5.19. The number of hydroxylamine groups is 1. The first-order chi connectivity index (χ1) is 8.49. The summed E-state index contributed by atoms with van der Waals surface area (Å²) in [7, 11) is 0. The van der Waals surface area contributed by atoms with Crippen molar-refractivity contribution in [3.8, 4) is 5.75 Å². The molecule has 0 unspecified atom stereocenters. The number of amides is 2. The zero-order valence-electron chi connectivity index (χ0n) is 9.73. The van der Waals surface area contributed by atoms with Crippen molar-refractivity contribution in [1.82, 2.24) is 5.48 Å². The first kappa shape index (κ1) is 14.3. The molecule has 2 amide bonds. The lowest BCUT2D eigenvalue weighted by Crippen LogP contribution is -2.32. The molecule has 98 valence electrons. The third kappa shape index (κ3) is 5.03. The Morgan fingerprint density at radius 2 is 2.11 bits per heavy atom. The molecular weight excluding hydrogens is 260 g/mol. The Morgan fingerprint density at radius 1 is 1.39 bits per heavy atom. The van der Waals surface area contributed by atoms with Crippen molar-refractivity contribution in [2.45, 2.75) is 6.92 Å². The zero-order valence-corrected chi connectivity index (χ0v) is 10.5. The smallest absolute Gasteiger partial charge is 0.281 e. The molecule has 0 fully saturated rings. The Kier molecular flexibility index (Phi) is 5.41. The van der Waals surface area contributed by atoms with Gasteiger partial charge in [-0.3, -0.25) is 14.4 Å². The number of carbonyl (C=O) groups is 2. The fraction of sp³-hybridized carbons (Fsp3) is 0.273. The molecule has 7 heteroatoms. The third-order valence-corrected chi connectivity index (χ3v) is 2.32. The van der Waals surface area contributed by atoms with E-state index in [1.165, 1.54) is 0 Å². The van der Waals surface area contributed by atoms with Crippen molar-refractivity contribution in [3.63, 3.8) is 0 Å². The van der Waals surface area contributed by atoms with Crippen LogP contribution in [0.25, 0.3) is 0 Å². The Labute approximate surface area is 109 Å². The lowest BCUT2D eigenvalue weighted by molar-refractivity contribution is -0.139. The van der Waals surface area contributed by atoms with E-state index in [0.717, 1.165) is 5.56 Å². The normalized spacial score (nSPS) is 9.89. The molecule has 1 aromatic carbocycles. The zero-order chi connectivity index (χ0) is 13.5. The first-order valence-corrected chi connectivity index (χ1v) is 5.44. The van der Waals surface area contributed by atoms with Crippen LogP contribution in [0.15, 0.2) is 18.2 Å². The monoisotopic (exact) mass is 272 g/mol. The Bertz CT molecular complexity index is 451. The number of hydrogen-bond donors (Lipinski definition) is 2. The van der Waals surface area contributed by atoms with Gasteiger partial charge in [0.2, 0.25) is 5.91 Å². The summed E-state index contributed by atoms with van der Waals surface area (Å²) in [6, 6.07) is 5.03. The van der Waals surface area contributed by atoms with Gasteiger partial charge in [-0.1, -0.05) is 11.6 Å². The summed E-state index contributed by atoms with van der Waals surface area (Å²) in [6.07, 6.45) is 0. The number of primary amides is 1. The quantitative estimate of drug-likeness (QED) is 0.741. The van der Waals surface area contributed by atoms with Gasteiger partial charge in [-0.15, -0.1) is 0 Å². The number of hydrogen-bond acceptors (Lipinski definition) is 4. The van der Waals surface area contributed by atoms with E-state index in [-0.39, 0.29) is 13.2 Å². The molecule has 1 rings (SSSR count). The van der Waals surface area contributed by atoms with Gasteiger partial charge in [-0.05, 0) is 30.7 Å². The van der Waals surface area contributed by atoms with E-state index in [1.807, 2.05) is 12.4 Å². The molecule has 0 bridgehead atoms. The van der Waals surface area contributed by atoms with Gasteiger partial charge in [-0.2, -0.15) is 0 Å². The molecule has 6 nitrogen and oxygen atoms in total. The minimum absolute atomic E-state index is 0.236. The van der Waals surface area contributed by atoms with Crippen molar-refractivity contribution >= 4 is 23.4 Å². The lowest BCUT2D eigenvalue weighted by atomic mass is 10.2. The summed E-state index contributed by atoms with van der Waals surface area (Å²) in [6.45, 7) is 1.21. The summed E-state index contributed by atoms with van der Waals surface area (Å²) in [5.74, 6) is -0.685. The largest absolute Gasteiger partial charge is 0.484 e. The van der Waals surface area contributed by atoms with E-state index in [0.29, 0.717) is 10.8 Å². The highest BCUT2D eigenvalue weighted by Gasteiger charge is 2.04. The van der Waals surface area contributed by atoms with Gasteiger partial charge in [0.05, 0.1) is 0 Å². The summed E-state index contributed by atoms with van der Waals surface area (Å²) in [5.41, 5.74) is 7.68. The van der Waals surface area contributed by atoms with Crippen LogP contribution < -0.4 is 16.0 Å². The molecule has 0 aromatic heterocycles. The fourth-order valence-electron chi connectivity index (χ4n) is 1.07. The van der Waals surface area contributed by atoms with E-state index >= 15 is 0 Å². The predicted octanol–water partition coefficient (Wildman–Crippen LogP) is 0.560. The van der Waals surface area contributed by atoms with E-state index < -0.39 is 11.8 Å². The van der Waals surface area contributed by atoms with Crippen LogP contribution in [0.4, 0.5) is 0 Å². The van der Waals surface area contributed by atoms with Crippen LogP contribution in [0.3, 0.4) is 0 Å². The molecule has 0 heterocycles. The van der Waals surface area contributed by atoms with Crippen molar-refractivity contribution in [2.75, 3.05) is 13.2 Å². The Balaban J connectivity index is 2.33. The molecule has 0 aliphatic rings. The lowest BCUT2D eigenvalue weighted by Gasteiger charge is -2.08. The van der Waals surface area contributed by atoms with Crippen molar-refractivity contribution in [1.29, 1.82) is 0 Å². The van der Waals surface area contributed by atoms with Crippen LogP contribution in [0.5, 0.6) is 5.75 Å². The van der Waals surface area contributed by atoms with Crippen LogP contribution in [-0.2, 0) is 14.4 Å². The molecule has 0 aliphatic heterocycles. The average molecular weight is 273 g/mol. The van der Waals surface area contributed by atoms with Crippen LogP contribution >= 0.6 is 11.6 Å². The third-order valence-electron chi connectivity index (χ3n) is 1.90. The molecule has 0 radical (unpaired) electrons. The fourth-order valence-corrected chi connectivity index (χ4v) is 1.19. The second-order valence-corrected chi connectivity index (χ2v) is 3.89. The van der Waals surface area contributed by atoms with Crippen LogP contribution in [0.1, 0.15) is 5.56 Å². The van der Waals surface area contributed by atoms with Gasteiger partial charge in [0, 0.05) is 5.02 Å². The van der Waals surface area contributed by atoms with E-state index in [4.69, 9.17) is 22.1 Å². The maximum atomic E-state index is 11.2. The summed E-state index contributed by atoms with van der Waals surface area (Å²) in [5, 5.41) is 0.622. The maximum absolute atomic E-state index is 11.2. The molecule has 0 atom stereocenters. The SMILES string of the molecule is Cc1cc(OCC(=O)NOCC(N)=O)ccc1Cl. The summed E-state index contributed by atoms with van der Waals surface area (Å²) in [4.78, 5) is 26.1. The molecule has 3 N–H and O–H groups in total. The predicted molar refractivity (Wildman–Crippen MR) is 65.0 cm³/mol. The summed E-state index contributed by atoms with van der Waals surface area (Å²) >= 11 is 5.84. The standard InChI is InChI=1S/C11H13ClN2O4/c1-7-4-8(2-3-9(7)12)17-6-11(16)14-18-5-10(13)15/h2-4H,5-6H2,1H3,(H2,13,15)(H,14,16). The van der Waals surface area contributed by atoms with Gasteiger partial charge < -0.3 is 10.5 Å². The Morgan fingerprint density at radius 3 is 2.72 bits per heavy atom. The Hall–Kier alpha value is -1.79. The minimum atomic E-state index is -0.676. The van der Waals surface area contributed by atoms with Crippen molar-refractivity contribution < 1.29 is 19.2 Å². The molecule has 1 aromatic rings. The van der Waals surface area contributed by atoms with Gasteiger partial charge in [0.25, 0.3) is 5.91 Å². The number of nitrogens with two attached hydrogens (primary N) is 1. The number of halogens is 1. The topological polar surface area (TPSA) is 90.7 Å². The molecule has 0 aliphatic carbocycles. The van der Waals surface area contributed by atoms with Crippen LogP contribution in [0, 0.1) is 6.92 Å². The number of rotatable bonds is 6. The molecule has 0 spiro atoms. The van der Waals surface area contributed by atoms with Crippen LogP contribution in [-0.4, -0.2) is 25.0 Å². The minimum Gasteiger partial charge on any atom is -0.484 e. The highest BCUT2D eigenvalue weighted by molar-refractivity contribution is 6.31.